The van der Waals surface area contributed by atoms with Crippen molar-refractivity contribution in [3.63, 3.8) is 0 Å². The first-order chi connectivity index (χ1) is 5.87. The summed E-state index contributed by atoms with van der Waals surface area (Å²) in [4.78, 5) is 12.9. The Labute approximate surface area is 81.8 Å². The van der Waals surface area contributed by atoms with Gasteiger partial charge in [-0.05, 0) is 27.2 Å². The van der Waals surface area contributed by atoms with Crippen LogP contribution in [0.2, 0.25) is 6.32 Å². The van der Waals surface area contributed by atoms with E-state index >= 15 is 0 Å². The van der Waals surface area contributed by atoms with Crippen molar-refractivity contribution in [3.05, 3.63) is 0 Å². The van der Waals surface area contributed by atoms with E-state index in [-0.39, 0.29) is 6.09 Å². The summed E-state index contributed by atoms with van der Waals surface area (Å²) in [5.74, 6) is 0. The van der Waals surface area contributed by atoms with Crippen molar-refractivity contribution >= 4 is 13.9 Å². The molecule has 0 aliphatic heterocycles. The summed E-state index contributed by atoms with van der Waals surface area (Å²) in [7, 11) is 7.04. The summed E-state index contributed by atoms with van der Waals surface area (Å²) in [6.45, 7) is 6.19. The van der Waals surface area contributed by atoms with Crippen LogP contribution in [-0.4, -0.2) is 38.0 Å². The van der Waals surface area contributed by atoms with Crippen LogP contribution in [0.5, 0.6) is 0 Å². The molecule has 0 aliphatic rings. The average Bonchev–Trinajstić information content (AvgIpc) is 1.96. The lowest BCUT2D eigenvalue weighted by molar-refractivity contribution is 0.0299. The fraction of sp³-hybridized carbons (Fsp3) is 0.889. The third-order valence-corrected chi connectivity index (χ3v) is 1.40. The molecule has 0 spiro atoms. The maximum atomic E-state index is 11.3. The third kappa shape index (κ3) is 6.49. The number of hydrogen-bond donors (Lipinski definition) is 0. The van der Waals surface area contributed by atoms with E-state index in [1.807, 2.05) is 20.8 Å². The summed E-state index contributed by atoms with van der Waals surface area (Å²) < 4.78 is 5.14. The van der Waals surface area contributed by atoms with E-state index in [0.29, 0.717) is 12.9 Å². The molecule has 0 aromatic heterocycles. The highest BCUT2D eigenvalue weighted by molar-refractivity contribution is 6.08. The second kappa shape index (κ2) is 5.15. The van der Waals surface area contributed by atoms with E-state index in [0.717, 1.165) is 6.42 Å². The SMILES string of the molecule is [B]CCCN(C)C(=O)OC(C)(C)C. The molecule has 3 nitrogen and oxygen atoms in total. The largest absolute Gasteiger partial charge is 0.444 e. The zero-order valence-electron chi connectivity index (χ0n) is 8.96. The van der Waals surface area contributed by atoms with Gasteiger partial charge in [0.1, 0.15) is 5.60 Å². The Bertz CT molecular complexity index is 165. The van der Waals surface area contributed by atoms with Gasteiger partial charge in [0.05, 0.1) is 7.85 Å². The molecule has 0 rings (SSSR count). The Hall–Kier alpha value is -0.665. The molecule has 0 N–H and O–H groups in total. The van der Waals surface area contributed by atoms with Crippen LogP contribution in [0.3, 0.4) is 0 Å². The molecule has 0 saturated heterocycles. The predicted octanol–water partition coefficient (Wildman–Crippen LogP) is 1.83. The summed E-state index contributed by atoms with van der Waals surface area (Å²) in [6, 6.07) is 0. The molecule has 0 unspecified atom stereocenters. The predicted molar refractivity (Wildman–Crippen MR) is 54.0 cm³/mol. The first kappa shape index (κ1) is 12.3. The number of rotatable bonds is 3. The Morgan fingerprint density at radius 2 is 2.00 bits per heavy atom. The molecule has 0 fully saturated rings. The molecule has 0 aromatic rings. The Morgan fingerprint density at radius 1 is 1.46 bits per heavy atom. The second-order valence-corrected chi connectivity index (χ2v) is 4.04. The van der Waals surface area contributed by atoms with Crippen LogP contribution in [0.1, 0.15) is 27.2 Å². The Balaban J connectivity index is 3.83. The molecular formula is C9H18BNO2. The van der Waals surface area contributed by atoms with Gasteiger partial charge in [0.2, 0.25) is 0 Å². The maximum absolute atomic E-state index is 11.3. The van der Waals surface area contributed by atoms with Crippen molar-refractivity contribution in [1.29, 1.82) is 0 Å². The van der Waals surface area contributed by atoms with Crippen LogP contribution in [0.25, 0.3) is 0 Å². The van der Waals surface area contributed by atoms with Crippen molar-refractivity contribution in [2.45, 2.75) is 39.1 Å². The Kier molecular flexibility index (Phi) is 4.88. The molecule has 4 heteroatoms. The fourth-order valence-electron chi connectivity index (χ4n) is 0.760. The molecule has 0 aromatic carbocycles. The highest BCUT2D eigenvalue weighted by atomic mass is 16.6. The lowest BCUT2D eigenvalue weighted by Gasteiger charge is -2.24. The number of ether oxygens (including phenoxy) is 1. The van der Waals surface area contributed by atoms with Gasteiger partial charge in [-0.2, -0.15) is 0 Å². The van der Waals surface area contributed by atoms with E-state index in [2.05, 4.69) is 0 Å². The smallest absolute Gasteiger partial charge is 0.410 e. The number of hydrogen-bond acceptors (Lipinski definition) is 2. The van der Waals surface area contributed by atoms with Gasteiger partial charge in [0.25, 0.3) is 0 Å². The topological polar surface area (TPSA) is 29.5 Å². The van der Waals surface area contributed by atoms with Crippen molar-refractivity contribution in [1.82, 2.24) is 4.90 Å². The van der Waals surface area contributed by atoms with Crippen molar-refractivity contribution in [3.8, 4) is 0 Å². The monoisotopic (exact) mass is 183 g/mol. The standard InChI is InChI=1S/C9H18BNO2/c1-9(2,3)13-8(12)11(4)7-5-6-10/h5-7H2,1-4H3. The molecule has 0 bridgehead atoms. The van der Waals surface area contributed by atoms with Crippen LogP contribution in [0, 0.1) is 0 Å². The highest BCUT2D eigenvalue weighted by Gasteiger charge is 2.18. The van der Waals surface area contributed by atoms with Crippen molar-refractivity contribution in [2.75, 3.05) is 13.6 Å². The van der Waals surface area contributed by atoms with Crippen LogP contribution >= 0.6 is 0 Å². The normalized spacial score (nSPS) is 11.1. The quantitative estimate of drug-likeness (QED) is 0.624. The molecule has 1 amide bonds. The maximum Gasteiger partial charge on any atom is 0.410 e. The van der Waals surface area contributed by atoms with Gasteiger partial charge in [-0.25, -0.2) is 4.79 Å². The van der Waals surface area contributed by atoms with Crippen LogP contribution in [0.4, 0.5) is 4.79 Å². The number of amides is 1. The van der Waals surface area contributed by atoms with Crippen LogP contribution in [-0.2, 0) is 4.74 Å². The van der Waals surface area contributed by atoms with E-state index < -0.39 is 5.60 Å². The third-order valence-electron chi connectivity index (χ3n) is 1.40. The minimum atomic E-state index is -0.423. The minimum absolute atomic E-state index is 0.291. The molecule has 13 heavy (non-hydrogen) atoms. The van der Waals surface area contributed by atoms with Gasteiger partial charge in [-0.3, -0.25) is 0 Å². The average molecular weight is 183 g/mol. The summed E-state index contributed by atoms with van der Waals surface area (Å²) in [6.07, 6.45) is 1.10. The van der Waals surface area contributed by atoms with Crippen LogP contribution < -0.4 is 0 Å². The first-order valence-corrected chi connectivity index (χ1v) is 4.51. The summed E-state index contributed by atoms with van der Waals surface area (Å²) >= 11 is 0. The van der Waals surface area contributed by atoms with E-state index in [4.69, 9.17) is 12.6 Å². The minimum Gasteiger partial charge on any atom is -0.444 e. The molecular weight excluding hydrogens is 165 g/mol. The van der Waals surface area contributed by atoms with Gasteiger partial charge >= 0.3 is 6.09 Å². The number of nitrogens with zero attached hydrogens (tertiary/aromatic N) is 1. The molecule has 0 saturated carbocycles. The van der Waals surface area contributed by atoms with Gasteiger partial charge < -0.3 is 9.64 Å². The summed E-state index contributed by atoms with van der Waals surface area (Å²) in [5.41, 5.74) is -0.423. The van der Waals surface area contributed by atoms with Crippen LogP contribution in [0.15, 0.2) is 0 Å². The molecule has 0 heterocycles. The summed E-state index contributed by atoms with van der Waals surface area (Å²) in [5, 5.41) is 0. The van der Waals surface area contributed by atoms with Gasteiger partial charge in [0.15, 0.2) is 0 Å². The lowest BCUT2D eigenvalue weighted by Crippen LogP contribution is -2.34. The second-order valence-electron chi connectivity index (χ2n) is 4.04. The zero-order chi connectivity index (χ0) is 10.5. The van der Waals surface area contributed by atoms with Crippen molar-refractivity contribution in [2.24, 2.45) is 0 Å². The van der Waals surface area contributed by atoms with Gasteiger partial charge in [0, 0.05) is 13.6 Å². The molecule has 74 valence electrons. The lowest BCUT2D eigenvalue weighted by atomic mass is 10.0. The van der Waals surface area contributed by atoms with Gasteiger partial charge in [-0.1, -0.05) is 6.32 Å². The van der Waals surface area contributed by atoms with E-state index in [1.54, 1.807) is 7.05 Å². The first-order valence-electron chi connectivity index (χ1n) is 4.51. The van der Waals surface area contributed by atoms with Gasteiger partial charge in [-0.15, -0.1) is 0 Å². The van der Waals surface area contributed by atoms with Crippen molar-refractivity contribution < 1.29 is 9.53 Å². The fourth-order valence-corrected chi connectivity index (χ4v) is 0.760. The molecule has 2 radical (unpaired) electrons. The van der Waals surface area contributed by atoms with E-state index in [9.17, 15) is 4.79 Å². The number of carbonyl (C=O) groups is 1. The van der Waals surface area contributed by atoms with E-state index in [1.165, 1.54) is 4.90 Å². The zero-order valence-corrected chi connectivity index (χ0v) is 8.96. The Morgan fingerprint density at radius 3 is 2.38 bits per heavy atom. The molecule has 0 aliphatic carbocycles. The highest BCUT2D eigenvalue weighted by Crippen LogP contribution is 2.09. The molecule has 0 atom stereocenters. The number of carbonyl (C=O) groups excluding carboxylic acids is 1.